The molecule has 0 radical (unpaired) electrons. The maximum Gasteiger partial charge on any atom is 0.219 e. The maximum absolute atomic E-state index is 11.1. The monoisotopic (exact) mass is 198 g/mol. The van der Waals surface area contributed by atoms with Gasteiger partial charge in [0.25, 0.3) is 0 Å². The minimum atomic E-state index is 0.0374. The standard InChI is InChI=1S/C10H18N2O2/c11-7-3-1-4-8-12-10(14)6-2-5-9-13/h13H,1-6,8-9H2,(H,12,14). The molecule has 0 rings (SSSR count). The smallest absolute Gasteiger partial charge is 0.219 e. The van der Waals surface area contributed by atoms with E-state index in [0.717, 1.165) is 19.3 Å². The Bertz CT molecular complexity index is 187. The van der Waals surface area contributed by atoms with Gasteiger partial charge in [0, 0.05) is 26.0 Å². The van der Waals surface area contributed by atoms with Crippen LogP contribution in [-0.4, -0.2) is 24.2 Å². The topological polar surface area (TPSA) is 73.1 Å². The molecule has 0 unspecified atom stereocenters. The van der Waals surface area contributed by atoms with E-state index in [2.05, 4.69) is 11.4 Å². The molecule has 80 valence electrons. The summed E-state index contributed by atoms with van der Waals surface area (Å²) in [7, 11) is 0. The largest absolute Gasteiger partial charge is 0.396 e. The lowest BCUT2D eigenvalue weighted by atomic mass is 10.2. The Morgan fingerprint density at radius 2 is 2.07 bits per heavy atom. The van der Waals surface area contributed by atoms with E-state index in [0.29, 0.717) is 25.8 Å². The Kier molecular flexibility index (Phi) is 9.23. The number of aliphatic hydroxyl groups is 1. The Balaban J connectivity index is 3.15. The number of carbonyl (C=O) groups is 1. The molecule has 14 heavy (non-hydrogen) atoms. The van der Waals surface area contributed by atoms with Crippen molar-refractivity contribution in [1.82, 2.24) is 5.32 Å². The van der Waals surface area contributed by atoms with Crippen molar-refractivity contribution in [2.24, 2.45) is 0 Å². The second-order valence-electron chi connectivity index (χ2n) is 3.15. The van der Waals surface area contributed by atoms with Crippen molar-refractivity contribution >= 4 is 5.91 Å². The summed E-state index contributed by atoms with van der Waals surface area (Å²) in [5, 5.41) is 19.5. The second kappa shape index (κ2) is 10.0. The van der Waals surface area contributed by atoms with E-state index in [-0.39, 0.29) is 12.5 Å². The quantitative estimate of drug-likeness (QED) is 0.570. The summed E-state index contributed by atoms with van der Waals surface area (Å²) >= 11 is 0. The average molecular weight is 198 g/mol. The van der Waals surface area contributed by atoms with Crippen LogP contribution in [0.5, 0.6) is 0 Å². The third-order valence-electron chi connectivity index (χ3n) is 1.85. The first-order valence-corrected chi connectivity index (χ1v) is 5.05. The maximum atomic E-state index is 11.1. The van der Waals surface area contributed by atoms with Crippen LogP contribution in [0, 0.1) is 11.3 Å². The number of hydrogen-bond acceptors (Lipinski definition) is 3. The van der Waals surface area contributed by atoms with Crippen LogP contribution in [0.4, 0.5) is 0 Å². The van der Waals surface area contributed by atoms with Crippen LogP contribution in [0.1, 0.15) is 38.5 Å². The Morgan fingerprint density at radius 1 is 1.29 bits per heavy atom. The molecule has 0 atom stereocenters. The van der Waals surface area contributed by atoms with Gasteiger partial charge in [0.15, 0.2) is 0 Å². The molecule has 0 bridgehead atoms. The van der Waals surface area contributed by atoms with E-state index in [1.807, 2.05) is 0 Å². The van der Waals surface area contributed by atoms with E-state index >= 15 is 0 Å². The highest BCUT2D eigenvalue weighted by Gasteiger charge is 1.99. The molecule has 0 saturated heterocycles. The average Bonchev–Trinajstić information content (AvgIpc) is 2.18. The molecular weight excluding hydrogens is 180 g/mol. The number of carbonyl (C=O) groups excluding carboxylic acids is 1. The molecule has 4 nitrogen and oxygen atoms in total. The van der Waals surface area contributed by atoms with Crippen LogP contribution < -0.4 is 5.32 Å². The number of hydrogen-bond donors (Lipinski definition) is 2. The van der Waals surface area contributed by atoms with Crippen LogP contribution in [-0.2, 0) is 4.79 Å². The predicted molar refractivity (Wildman–Crippen MR) is 53.4 cm³/mol. The van der Waals surface area contributed by atoms with E-state index < -0.39 is 0 Å². The highest BCUT2D eigenvalue weighted by atomic mass is 16.2. The van der Waals surface area contributed by atoms with Crippen molar-refractivity contribution in [2.75, 3.05) is 13.2 Å². The summed E-state index contributed by atoms with van der Waals surface area (Å²) in [5.74, 6) is 0.0374. The van der Waals surface area contributed by atoms with Crippen molar-refractivity contribution in [3.63, 3.8) is 0 Å². The molecule has 0 saturated carbocycles. The van der Waals surface area contributed by atoms with Gasteiger partial charge in [-0.2, -0.15) is 5.26 Å². The molecule has 0 aromatic heterocycles. The van der Waals surface area contributed by atoms with Gasteiger partial charge >= 0.3 is 0 Å². The van der Waals surface area contributed by atoms with Gasteiger partial charge in [0.1, 0.15) is 0 Å². The van der Waals surface area contributed by atoms with Gasteiger partial charge in [0.2, 0.25) is 5.91 Å². The fourth-order valence-electron chi connectivity index (χ4n) is 1.04. The molecule has 0 heterocycles. The lowest BCUT2D eigenvalue weighted by molar-refractivity contribution is -0.121. The molecule has 0 aromatic carbocycles. The molecule has 0 aliphatic rings. The summed E-state index contributed by atoms with van der Waals surface area (Å²) in [6, 6.07) is 2.06. The third kappa shape index (κ3) is 9.01. The van der Waals surface area contributed by atoms with Gasteiger partial charge in [0.05, 0.1) is 6.07 Å². The normalized spacial score (nSPS) is 9.43. The molecule has 0 aromatic rings. The van der Waals surface area contributed by atoms with Crippen LogP contribution >= 0.6 is 0 Å². The van der Waals surface area contributed by atoms with E-state index in [4.69, 9.17) is 10.4 Å². The fourth-order valence-corrected chi connectivity index (χ4v) is 1.04. The Hall–Kier alpha value is -1.08. The number of unbranched alkanes of at least 4 members (excludes halogenated alkanes) is 3. The minimum Gasteiger partial charge on any atom is -0.396 e. The van der Waals surface area contributed by atoms with Gasteiger partial charge in [-0.25, -0.2) is 0 Å². The number of amides is 1. The lowest BCUT2D eigenvalue weighted by Crippen LogP contribution is -2.24. The first-order valence-electron chi connectivity index (χ1n) is 5.05. The van der Waals surface area contributed by atoms with E-state index in [9.17, 15) is 4.79 Å². The number of rotatable bonds is 8. The molecule has 1 amide bonds. The van der Waals surface area contributed by atoms with Gasteiger partial charge in [-0.3, -0.25) is 4.79 Å². The molecular formula is C10H18N2O2. The lowest BCUT2D eigenvalue weighted by Gasteiger charge is -2.03. The van der Waals surface area contributed by atoms with Crippen LogP contribution in [0.25, 0.3) is 0 Å². The SMILES string of the molecule is N#CCCCCNC(=O)CCCCO. The first-order chi connectivity index (χ1) is 6.81. The summed E-state index contributed by atoms with van der Waals surface area (Å²) in [5.41, 5.74) is 0. The minimum absolute atomic E-state index is 0.0374. The van der Waals surface area contributed by atoms with E-state index in [1.54, 1.807) is 0 Å². The fraction of sp³-hybridized carbons (Fsp3) is 0.800. The summed E-state index contributed by atoms with van der Waals surface area (Å²) in [6.45, 7) is 0.801. The number of nitriles is 1. The van der Waals surface area contributed by atoms with Crippen molar-refractivity contribution in [3.8, 4) is 6.07 Å². The number of nitrogens with zero attached hydrogens (tertiary/aromatic N) is 1. The zero-order chi connectivity index (χ0) is 10.6. The van der Waals surface area contributed by atoms with Crippen LogP contribution in [0.2, 0.25) is 0 Å². The number of nitrogens with one attached hydrogen (secondary N) is 1. The zero-order valence-electron chi connectivity index (χ0n) is 8.46. The van der Waals surface area contributed by atoms with Crippen molar-refractivity contribution in [2.45, 2.75) is 38.5 Å². The van der Waals surface area contributed by atoms with Crippen LogP contribution in [0.3, 0.4) is 0 Å². The van der Waals surface area contributed by atoms with Crippen LogP contribution in [0.15, 0.2) is 0 Å². The highest BCUT2D eigenvalue weighted by molar-refractivity contribution is 5.75. The molecule has 0 aliphatic carbocycles. The van der Waals surface area contributed by atoms with Gasteiger partial charge in [-0.15, -0.1) is 0 Å². The van der Waals surface area contributed by atoms with E-state index in [1.165, 1.54) is 0 Å². The van der Waals surface area contributed by atoms with Crippen molar-refractivity contribution in [1.29, 1.82) is 5.26 Å². The summed E-state index contributed by atoms with van der Waals surface area (Å²) in [6.07, 6.45) is 4.16. The molecule has 0 aliphatic heterocycles. The Morgan fingerprint density at radius 3 is 2.71 bits per heavy atom. The Labute approximate surface area is 84.9 Å². The zero-order valence-corrected chi connectivity index (χ0v) is 8.46. The third-order valence-corrected chi connectivity index (χ3v) is 1.85. The highest BCUT2D eigenvalue weighted by Crippen LogP contribution is 1.95. The van der Waals surface area contributed by atoms with Gasteiger partial charge in [-0.05, 0) is 25.7 Å². The molecule has 2 N–H and O–H groups in total. The van der Waals surface area contributed by atoms with Crippen molar-refractivity contribution < 1.29 is 9.90 Å². The molecule has 0 spiro atoms. The summed E-state index contributed by atoms with van der Waals surface area (Å²) < 4.78 is 0. The van der Waals surface area contributed by atoms with Gasteiger partial charge < -0.3 is 10.4 Å². The van der Waals surface area contributed by atoms with Gasteiger partial charge in [-0.1, -0.05) is 0 Å². The predicted octanol–water partition coefficient (Wildman–Crippen LogP) is 0.959. The molecule has 4 heteroatoms. The summed E-state index contributed by atoms with van der Waals surface area (Å²) in [4.78, 5) is 11.1. The second-order valence-corrected chi connectivity index (χ2v) is 3.15. The molecule has 0 fully saturated rings. The number of aliphatic hydroxyl groups excluding tert-OH is 1. The first kappa shape index (κ1) is 12.9. The van der Waals surface area contributed by atoms with Crippen molar-refractivity contribution in [3.05, 3.63) is 0 Å².